The highest BCUT2D eigenvalue weighted by Gasteiger charge is 2.52. The van der Waals surface area contributed by atoms with Crippen molar-refractivity contribution in [1.29, 1.82) is 0 Å². The number of aromatic nitrogens is 1. The highest BCUT2D eigenvalue weighted by atomic mass is 16.7. The lowest BCUT2D eigenvalue weighted by atomic mass is 9.79. The Morgan fingerprint density at radius 2 is 1.74 bits per heavy atom. The van der Waals surface area contributed by atoms with Crippen LogP contribution in [0.3, 0.4) is 0 Å². The molecule has 2 rings (SSSR count). The molecular weight excluding hydrogens is 241 g/mol. The van der Waals surface area contributed by atoms with Gasteiger partial charge >= 0.3 is 7.12 Å². The van der Waals surface area contributed by atoms with Crippen molar-refractivity contribution in [3.8, 4) is 0 Å². The number of nitrogens with zero attached hydrogens (tertiary/aromatic N) is 1. The van der Waals surface area contributed by atoms with E-state index >= 15 is 0 Å². The molecule has 1 aliphatic heterocycles. The van der Waals surface area contributed by atoms with Gasteiger partial charge in [0.1, 0.15) is 5.82 Å². The Hall–Kier alpha value is -1.11. The van der Waals surface area contributed by atoms with Gasteiger partial charge in [-0.05, 0) is 40.3 Å². The summed E-state index contributed by atoms with van der Waals surface area (Å²) >= 11 is 0. The molecule has 0 aliphatic carbocycles. The first-order chi connectivity index (χ1) is 8.77. The smallest absolute Gasteiger partial charge is 0.399 e. The van der Waals surface area contributed by atoms with Gasteiger partial charge in [-0.15, -0.1) is 0 Å². The summed E-state index contributed by atoms with van der Waals surface area (Å²) in [4.78, 5) is 4.34. The molecule has 0 atom stereocenters. The quantitative estimate of drug-likeness (QED) is 0.774. The Balaban J connectivity index is 2.25. The van der Waals surface area contributed by atoms with Gasteiger partial charge < -0.3 is 20.8 Å². The second-order valence-corrected chi connectivity index (χ2v) is 5.90. The molecule has 1 saturated heterocycles. The van der Waals surface area contributed by atoms with Crippen LogP contribution in [0, 0.1) is 0 Å². The lowest BCUT2D eigenvalue weighted by Gasteiger charge is -2.32. The summed E-state index contributed by atoms with van der Waals surface area (Å²) in [6, 6.07) is 3.83. The molecule has 0 unspecified atom stereocenters. The summed E-state index contributed by atoms with van der Waals surface area (Å²) < 4.78 is 11.9. The molecule has 4 N–H and O–H groups in total. The van der Waals surface area contributed by atoms with Crippen LogP contribution in [0.2, 0.25) is 0 Å². The van der Waals surface area contributed by atoms with E-state index in [0.717, 1.165) is 11.2 Å². The Morgan fingerprint density at radius 3 is 2.21 bits per heavy atom. The maximum atomic E-state index is 6.00. The van der Waals surface area contributed by atoms with Crippen molar-refractivity contribution >= 4 is 18.4 Å². The largest absolute Gasteiger partial charge is 0.498 e. The van der Waals surface area contributed by atoms with E-state index in [1.54, 1.807) is 0 Å². The van der Waals surface area contributed by atoms with Crippen LogP contribution in [0.4, 0.5) is 5.82 Å². The fourth-order valence-corrected chi connectivity index (χ4v) is 1.98. The van der Waals surface area contributed by atoms with Crippen LogP contribution in [-0.4, -0.2) is 29.8 Å². The molecule has 19 heavy (non-hydrogen) atoms. The Kier molecular flexibility index (Phi) is 3.60. The van der Waals surface area contributed by atoms with Crippen molar-refractivity contribution in [2.45, 2.75) is 45.3 Å². The standard InChI is InChI=1S/C13H22BN3O2/c1-12(2)13(3,4)19-14(18-12)10-6-5-9(7-8-15)17-11(10)16/h5-6H,7-8,15H2,1-4H3,(H2,16,17). The Bertz CT molecular complexity index is 461. The van der Waals surface area contributed by atoms with E-state index in [0.29, 0.717) is 18.8 Å². The average molecular weight is 263 g/mol. The van der Waals surface area contributed by atoms with Gasteiger partial charge in [0.2, 0.25) is 0 Å². The van der Waals surface area contributed by atoms with E-state index in [9.17, 15) is 0 Å². The molecule has 1 fully saturated rings. The summed E-state index contributed by atoms with van der Waals surface area (Å²) in [6.07, 6.45) is 0.716. The molecule has 1 aliphatic rings. The highest BCUT2D eigenvalue weighted by molar-refractivity contribution is 6.63. The molecule has 5 nitrogen and oxygen atoms in total. The van der Waals surface area contributed by atoms with Crippen molar-refractivity contribution in [3.63, 3.8) is 0 Å². The van der Waals surface area contributed by atoms with E-state index in [1.807, 2.05) is 39.8 Å². The second-order valence-electron chi connectivity index (χ2n) is 5.90. The van der Waals surface area contributed by atoms with E-state index in [2.05, 4.69) is 4.98 Å². The van der Waals surface area contributed by atoms with Gasteiger partial charge in [-0.1, -0.05) is 6.07 Å². The number of anilines is 1. The SMILES string of the molecule is CC1(C)OB(c2ccc(CCN)nc2N)OC1(C)C. The molecule has 1 aromatic heterocycles. The van der Waals surface area contributed by atoms with E-state index in [4.69, 9.17) is 20.8 Å². The molecule has 104 valence electrons. The fraction of sp³-hybridized carbons (Fsp3) is 0.615. The maximum absolute atomic E-state index is 6.00. The molecule has 1 aromatic rings. The van der Waals surface area contributed by atoms with Gasteiger partial charge in [0.05, 0.1) is 11.2 Å². The van der Waals surface area contributed by atoms with Crippen LogP contribution in [0.5, 0.6) is 0 Å². The number of rotatable bonds is 3. The van der Waals surface area contributed by atoms with Crippen molar-refractivity contribution < 1.29 is 9.31 Å². The predicted octanol–water partition coefficient (Wildman–Crippen LogP) is 0.464. The fourth-order valence-electron chi connectivity index (χ4n) is 1.98. The maximum Gasteiger partial charge on any atom is 0.498 e. The molecule has 0 radical (unpaired) electrons. The van der Waals surface area contributed by atoms with Gasteiger partial charge in [0.15, 0.2) is 0 Å². The number of nitrogens with two attached hydrogens (primary N) is 2. The minimum Gasteiger partial charge on any atom is -0.399 e. The zero-order valence-corrected chi connectivity index (χ0v) is 12.1. The van der Waals surface area contributed by atoms with Crippen molar-refractivity contribution in [3.05, 3.63) is 17.8 Å². The molecule has 0 amide bonds. The molecular formula is C13H22BN3O2. The third-order valence-corrected chi connectivity index (χ3v) is 3.92. The summed E-state index contributed by atoms with van der Waals surface area (Å²) in [5, 5.41) is 0. The number of pyridine rings is 1. The molecule has 0 bridgehead atoms. The summed E-state index contributed by atoms with van der Waals surface area (Å²) in [5.41, 5.74) is 12.4. The van der Waals surface area contributed by atoms with Crippen molar-refractivity contribution in [2.75, 3.05) is 12.3 Å². The molecule has 0 spiro atoms. The molecule has 0 saturated carbocycles. The van der Waals surface area contributed by atoms with Crippen molar-refractivity contribution in [2.24, 2.45) is 5.73 Å². The summed E-state index contributed by atoms with van der Waals surface area (Å²) in [6.45, 7) is 8.61. The highest BCUT2D eigenvalue weighted by Crippen LogP contribution is 2.36. The summed E-state index contributed by atoms with van der Waals surface area (Å²) in [5.74, 6) is 0.449. The zero-order chi connectivity index (χ0) is 14.3. The Morgan fingerprint density at radius 1 is 1.16 bits per heavy atom. The molecule has 2 heterocycles. The van der Waals surface area contributed by atoms with Gasteiger partial charge in [-0.2, -0.15) is 0 Å². The lowest BCUT2D eigenvalue weighted by molar-refractivity contribution is 0.00578. The van der Waals surface area contributed by atoms with Crippen LogP contribution in [-0.2, 0) is 15.7 Å². The van der Waals surface area contributed by atoms with Crippen molar-refractivity contribution in [1.82, 2.24) is 4.98 Å². The first-order valence-corrected chi connectivity index (χ1v) is 6.58. The van der Waals surface area contributed by atoms with Crippen LogP contribution in [0.15, 0.2) is 12.1 Å². The lowest BCUT2D eigenvalue weighted by Crippen LogP contribution is -2.41. The van der Waals surface area contributed by atoms with Crippen LogP contribution < -0.4 is 16.9 Å². The predicted molar refractivity (Wildman–Crippen MR) is 77.1 cm³/mol. The minimum atomic E-state index is -0.468. The van der Waals surface area contributed by atoms with Gasteiger partial charge in [0.25, 0.3) is 0 Å². The number of hydrogen-bond donors (Lipinski definition) is 2. The Labute approximate surface area is 114 Å². The van der Waals surface area contributed by atoms with Crippen LogP contribution in [0.1, 0.15) is 33.4 Å². The number of nitrogen functional groups attached to an aromatic ring is 1. The minimum absolute atomic E-state index is 0.375. The molecule has 0 aromatic carbocycles. The second kappa shape index (κ2) is 4.78. The van der Waals surface area contributed by atoms with Gasteiger partial charge in [0, 0.05) is 17.6 Å². The molecule has 6 heteroatoms. The van der Waals surface area contributed by atoms with Crippen LogP contribution in [0.25, 0.3) is 0 Å². The third-order valence-electron chi connectivity index (χ3n) is 3.92. The third kappa shape index (κ3) is 2.61. The first-order valence-electron chi connectivity index (χ1n) is 6.58. The number of hydrogen-bond acceptors (Lipinski definition) is 5. The topological polar surface area (TPSA) is 83.4 Å². The first kappa shape index (κ1) is 14.3. The monoisotopic (exact) mass is 263 g/mol. The van der Waals surface area contributed by atoms with Crippen LogP contribution >= 0.6 is 0 Å². The zero-order valence-electron chi connectivity index (χ0n) is 12.1. The van der Waals surface area contributed by atoms with E-state index < -0.39 is 7.12 Å². The van der Waals surface area contributed by atoms with E-state index in [-0.39, 0.29) is 11.2 Å². The summed E-state index contributed by atoms with van der Waals surface area (Å²) in [7, 11) is -0.468. The van der Waals surface area contributed by atoms with E-state index in [1.165, 1.54) is 0 Å². The van der Waals surface area contributed by atoms with Gasteiger partial charge in [-0.3, -0.25) is 0 Å². The average Bonchev–Trinajstić information content (AvgIpc) is 2.48. The normalized spacial score (nSPS) is 20.8. The van der Waals surface area contributed by atoms with Gasteiger partial charge in [-0.25, -0.2) is 4.98 Å².